The van der Waals surface area contributed by atoms with E-state index in [1.54, 1.807) is 4.52 Å². The topological polar surface area (TPSA) is 150 Å². The lowest BCUT2D eigenvalue weighted by atomic mass is 10.00. The van der Waals surface area contributed by atoms with Crippen LogP contribution in [0.1, 0.15) is 83.7 Å². The highest BCUT2D eigenvalue weighted by Gasteiger charge is 2.69. The Morgan fingerprint density at radius 1 is 0.708 bits per heavy atom. The van der Waals surface area contributed by atoms with Gasteiger partial charge in [0.1, 0.15) is 42.6 Å². The van der Waals surface area contributed by atoms with Gasteiger partial charge in [-0.3, -0.25) is 19.2 Å². The van der Waals surface area contributed by atoms with Crippen molar-refractivity contribution in [1.82, 2.24) is 29.2 Å². The van der Waals surface area contributed by atoms with Crippen LogP contribution in [0.25, 0.3) is 20.7 Å². The molecule has 252 valence electrons. The summed E-state index contributed by atoms with van der Waals surface area (Å²) in [5.41, 5.74) is 7.94. The molecular formula is C33H39N9O6. The maximum absolute atomic E-state index is 7.67. The van der Waals surface area contributed by atoms with Gasteiger partial charge in [-0.25, -0.2) is 32.1 Å². The second kappa shape index (κ2) is 11.2. The molecule has 4 aromatic heterocycles. The molecule has 0 aromatic carbocycles. The lowest BCUT2D eigenvalue weighted by Crippen LogP contribution is -2.39. The van der Waals surface area contributed by atoms with E-state index in [9.17, 15) is 0 Å². The van der Waals surface area contributed by atoms with Crippen molar-refractivity contribution < 1.29 is 28.4 Å². The molecule has 4 saturated heterocycles. The predicted octanol–water partition coefficient (Wildman–Crippen LogP) is 4.58. The summed E-state index contributed by atoms with van der Waals surface area (Å²) in [6.07, 6.45) is 1.47. The molecule has 0 radical (unpaired) electrons. The van der Waals surface area contributed by atoms with Gasteiger partial charge >= 0.3 is 11.4 Å². The third-order valence-electron chi connectivity index (χ3n) is 9.57. The van der Waals surface area contributed by atoms with Gasteiger partial charge in [0.2, 0.25) is 0 Å². The molecule has 0 saturated carbocycles. The van der Waals surface area contributed by atoms with Crippen molar-refractivity contribution in [2.24, 2.45) is 0 Å². The van der Waals surface area contributed by atoms with Crippen LogP contribution in [0.15, 0.2) is 36.9 Å². The van der Waals surface area contributed by atoms with Gasteiger partial charge in [0.25, 0.3) is 0 Å². The number of aromatic nitrogens is 6. The van der Waals surface area contributed by atoms with Gasteiger partial charge in [0, 0.05) is 0 Å². The highest BCUT2D eigenvalue weighted by Crippen LogP contribution is 2.53. The molecule has 8 atom stereocenters. The second-order valence-corrected chi connectivity index (χ2v) is 13.3. The molecule has 0 spiro atoms. The molecular weight excluding hydrogens is 618 g/mol. The number of anilines is 1. The average molecular weight is 658 g/mol. The fraction of sp³-hybridized carbons (Fsp3) is 0.576. The van der Waals surface area contributed by atoms with Crippen LogP contribution >= 0.6 is 0 Å². The molecule has 4 aliphatic rings. The number of hydrogen-bond donors (Lipinski definition) is 1. The van der Waals surface area contributed by atoms with Crippen molar-refractivity contribution in [1.29, 1.82) is 0 Å². The number of aryl methyl sites for hydroxylation is 1. The van der Waals surface area contributed by atoms with Crippen molar-refractivity contribution in [3.63, 3.8) is 0 Å². The predicted molar refractivity (Wildman–Crippen MR) is 170 cm³/mol. The molecule has 0 aliphatic carbocycles. The van der Waals surface area contributed by atoms with Gasteiger partial charge < -0.3 is 24.7 Å². The van der Waals surface area contributed by atoms with Gasteiger partial charge in [0.05, 0.1) is 35.4 Å². The number of rotatable bonds is 4. The summed E-state index contributed by atoms with van der Waals surface area (Å²) in [4.78, 5) is 15.8. The molecule has 15 heteroatoms. The van der Waals surface area contributed by atoms with Crippen LogP contribution < -0.4 is 5.73 Å². The molecule has 15 nitrogen and oxygen atoms in total. The summed E-state index contributed by atoms with van der Waals surface area (Å²) < 4.78 is 40.1. The fourth-order valence-corrected chi connectivity index (χ4v) is 7.27. The minimum absolute atomic E-state index is 0.345. The fourth-order valence-electron chi connectivity index (χ4n) is 7.27. The van der Waals surface area contributed by atoms with Crippen LogP contribution in [0.4, 0.5) is 5.82 Å². The number of ether oxygens (including phenoxy) is 6. The number of nitrogens with two attached hydrogens (primary N) is 1. The first-order valence-electron chi connectivity index (χ1n) is 16.0. The van der Waals surface area contributed by atoms with Crippen molar-refractivity contribution >= 4 is 16.9 Å². The summed E-state index contributed by atoms with van der Waals surface area (Å²) in [6, 6.07) is 7.65. The summed E-state index contributed by atoms with van der Waals surface area (Å²) in [5, 5.41) is 8.62. The van der Waals surface area contributed by atoms with Crippen LogP contribution in [-0.4, -0.2) is 76.6 Å². The Bertz CT molecular complexity index is 1820. The lowest BCUT2D eigenvalue weighted by molar-refractivity contribution is -0.202. The van der Waals surface area contributed by atoms with Gasteiger partial charge in [-0.2, -0.15) is 10.2 Å². The van der Waals surface area contributed by atoms with Gasteiger partial charge in [0.15, 0.2) is 29.6 Å². The SMILES string of the molecule is [C-]#[N+][C@]1(CC)O[C@@H](c2ccc3c(C)ncnn23)[C@@H]2OC(C)(C)O[C@@H]21.[C-]#[N+][C@]1(CC)O[C@@H](c2ccc3c(N)ncnn23)[C@@H]2OC(C)(C)O[C@@H]21. The zero-order chi connectivity index (χ0) is 34.2. The van der Waals surface area contributed by atoms with Crippen molar-refractivity contribution in [2.45, 2.75) is 121 Å². The summed E-state index contributed by atoms with van der Waals surface area (Å²) >= 11 is 0. The van der Waals surface area contributed by atoms with Crippen LogP contribution in [0.5, 0.6) is 0 Å². The Balaban J connectivity index is 0.000000152. The van der Waals surface area contributed by atoms with Crippen LogP contribution in [-0.2, 0) is 28.4 Å². The summed E-state index contributed by atoms with van der Waals surface area (Å²) in [6.45, 7) is 28.6. The molecule has 48 heavy (non-hydrogen) atoms. The van der Waals surface area contributed by atoms with E-state index in [2.05, 4.69) is 29.9 Å². The highest BCUT2D eigenvalue weighted by molar-refractivity contribution is 5.65. The number of hydrogen-bond acceptors (Lipinski definition) is 11. The van der Waals surface area contributed by atoms with E-state index in [1.165, 1.54) is 12.7 Å². The van der Waals surface area contributed by atoms with E-state index >= 15 is 0 Å². The number of nitrogen functional groups attached to an aromatic ring is 1. The van der Waals surface area contributed by atoms with Gasteiger partial charge in [-0.15, -0.1) is 0 Å². The number of nitrogens with zero attached hydrogens (tertiary/aromatic N) is 8. The van der Waals surface area contributed by atoms with Crippen molar-refractivity contribution in [3.05, 3.63) is 76.8 Å². The van der Waals surface area contributed by atoms with Gasteiger partial charge in [-0.1, -0.05) is 13.8 Å². The zero-order valence-corrected chi connectivity index (χ0v) is 27.9. The Morgan fingerprint density at radius 3 is 1.65 bits per heavy atom. The first kappa shape index (κ1) is 32.3. The molecule has 8 heterocycles. The Kier molecular flexibility index (Phi) is 7.52. The summed E-state index contributed by atoms with van der Waals surface area (Å²) in [7, 11) is 0. The van der Waals surface area contributed by atoms with Crippen molar-refractivity contribution in [3.8, 4) is 0 Å². The lowest BCUT2D eigenvalue weighted by Gasteiger charge is -2.25. The van der Waals surface area contributed by atoms with E-state index in [1.807, 2.05) is 77.2 Å². The molecule has 0 amide bonds. The molecule has 2 N–H and O–H groups in total. The molecule has 0 unspecified atom stereocenters. The highest BCUT2D eigenvalue weighted by atomic mass is 16.8. The third-order valence-corrected chi connectivity index (χ3v) is 9.57. The monoisotopic (exact) mass is 657 g/mol. The molecule has 4 fully saturated rings. The third kappa shape index (κ3) is 4.84. The first-order chi connectivity index (χ1) is 22.8. The van der Waals surface area contributed by atoms with E-state index < -0.39 is 47.4 Å². The maximum atomic E-state index is 7.67. The van der Waals surface area contributed by atoms with E-state index in [-0.39, 0.29) is 12.2 Å². The van der Waals surface area contributed by atoms with Crippen LogP contribution in [0.3, 0.4) is 0 Å². The first-order valence-corrected chi connectivity index (χ1v) is 16.0. The van der Waals surface area contributed by atoms with Crippen molar-refractivity contribution in [2.75, 3.05) is 5.73 Å². The normalized spacial score (nSPS) is 34.4. The quantitative estimate of drug-likeness (QED) is 0.307. The maximum Gasteiger partial charge on any atom is 0.366 e. The standard InChI is InChI=1S/C17H20N4O3.C16H19N5O3/c1-6-17(18-5)15-14(22-16(3,4)24-15)13(23-17)12-8-7-11-10(2)19-9-20-21(11)12;1-5-16(18-4)13-12(22-15(2,3)24-13)11(23-16)9-6-7-10-14(17)19-8-20-21(9)10/h7-9,13-15H,6H2,1-4H3;6-8,11-13H,5H2,1-3H3,(H2,17,19,20)/t13-,14-,15-,17+;11-,12-,13-,16+/m00/s1. The zero-order valence-electron chi connectivity index (χ0n) is 27.9. The van der Waals surface area contributed by atoms with Crippen LogP contribution in [0.2, 0.25) is 0 Å². The Morgan fingerprint density at radius 2 is 1.17 bits per heavy atom. The molecule has 8 rings (SSSR count). The van der Waals surface area contributed by atoms with E-state index in [0.717, 1.165) is 22.6 Å². The number of fused-ring (bicyclic) bond motifs is 4. The molecule has 4 aromatic rings. The summed E-state index contributed by atoms with van der Waals surface area (Å²) in [5.74, 6) is -1.11. The van der Waals surface area contributed by atoms with E-state index in [4.69, 9.17) is 47.3 Å². The smallest absolute Gasteiger partial charge is 0.366 e. The van der Waals surface area contributed by atoms with E-state index in [0.29, 0.717) is 24.2 Å². The molecule has 0 bridgehead atoms. The van der Waals surface area contributed by atoms with Gasteiger partial charge in [-0.05, 0) is 58.9 Å². The average Bonchev–Trinajstić information content (AvgIpc) is 3.89. The largest absolute Gasteiger partial charge is 0.382 e. The minimum Gasteiger partial charge on any atom is -0.382 e. The Hall–Kier alpha value is -4.22. The second-order valence-electron chi connectivity index (χ2n) is 13.3. The van der Waals surface area contributed by atoms with Crippen LogP contribution in [0, 0.1) is 20.1 Å². The molecule has 4 aliphatic heterocycles. The minimum atomic E-state index is -1.06. The Labute approximate surface area is 277 Å².